The Labute approximate surface area is 103 Å². The van der Waals surface area contributed by atoms with Crippen LogP contribution in [0.5, 0.6) is 0 Å². The summed E-state index contributed by atoms with van der Waals surface area (Å²) >= 11 is 0. The molecule has 92 valence electrons. The number of ketones is 1. The fourth-order valence-electron chi connectivity index (χ4n) is 2.67. The van der Waals surface area contributed by atoms with Gasteiger partial charge in [0.25, 0.3) is 0 Å². The number of benzene rings is 1. The Morgan fingerprint density at radius 1 is 1.00 bits per heavy atom. The minimum absolute atomic E-state index is 0.274. The molecule has 0 radical (unpaired) electrons. The fourth-order valence-corrected chi connectivity index (χ4v) is 2.67. The first-order valence-electron chi connectivity index (χ1n) is 6.25. The van der Waals surface area contributed by atoms with E-state index in [1.165, 1.54) is 11.1 Å². The molecule has 0 atom stereocenters. The van der Waals surface area contributed by atoms with Crippen molar-refractivity contribution in [3.8, 4) is 0 Å². The van der Waals surface area contributed by atoms with Gasteiger partial charge in [0.05, 0.1) is 5.60 Å². The summed E-state index contributed by atoms with van der Waals surface area (Å²) in [6.45, 7) is 6.19. The summed E-state index contributed by atoms with van der Waals surface area (Å²) in [5.41, 5.74) is 3.80. The fraction of sp³-hybridized carbons (Fsp3) is 0.533. The molecule has 1 aliphatic rings. The van der Waals surface area contributed by atoms with E-state index in [1.54, 1.807) is 0 Å². The molecule has 0 unspecified atom stereocenters. The van der Waals surface area contributed by atoms with Crippen LogP contribution in [0.25, 0.3) is 0 Å². The zero-order valence-corrected chi connectivity index (χ0v) is 10.8. The molecular formula is C15H20O2. The minimum Gasteiger partial charge on any atom is -0.385 e. The first-order chi connectivity index (χ1) is 7.92. The van der Waals surface area contributed by atoms with Crippen molar-refractivity contribution in [3.05, 3.63) is 34.4 Å². The highest BCUT2D eigenvalue weighted by Crippen LogP contribution is 2.38. The van der Waals surface area contributed by atoms with Crippen molar-refractivity contribution in [1.29, 1.82) is 0 Å². The van der Waals surface area contributed by atoms with Crippen LogP contribution in [0, 0.1) is 20.8 Å². The number of hydrogen-bond acceptors (Lipinski definition) is 2. The first kappa shape index (κ1) is 12.3. The van der Waals surface area contributed by atoms with Crippen LogP contribution in [-0.2, 0) is 10.4 Å². The molecule has 1 fully saturated rings. The molecule has 1 aromatic rings. The summed E-state index contributed by atoms with van der Waals surface area (Å²) in [7, 11) is 0. The number of carbonyl (C=O) groups excluding carboxylic acids is 1. The van der Waals surface area contributed by atoms with Crippen LogP contribution in [0.3, 0.4) is 0 Å². The van der Waals surface area contributed by atoms with Gasteiger partial charge >= 0.3 is 0 Å². The first-order valence-corrected chi connectivity index (χ1v) is 6.25. The number of hydrogen-bond donors (Lipinski definition) is 1. The van der Waals surface area contributed by atoms with Gasteiger partial charge in [-0.15, -0.1) is 0 Å². The lowest BCUT2D eigenvalue weighted by Gasteiger charge is -2.33. The number of Topliss-reactive ketones (excluding diaryl/α,β-unsaturated/α-hetero) is 1. The highest BCUT2D eigenvalue weighted by Gasteiger charge is 2.35. The normalized spacial score (nSPS) is 19.4. The number of aliphatic hydroxyl groups is 1. The van der Waals surface area contributed by atoms with Crippen molar-refractivity contribution < 1.29 is 9.90 Å². The topological polar surface area (TPSA) is 37.3 Å². The third kappa shape index (κ3) is 2.27. The molecule has 0 amide bonds. The predicted molar refractivity (Wildman–Crippen MR) is 68.0 cm³/mol. The maximum atomic E-state index is 11.3. The third-order valence-electron chi connectivity index (χ3n) is 3.98. The number of carbonyl (C=O) groups is 1. The van der Waals surface area contributed by atoms with Crippen LogP contribution < -0.4 is 0 Å². The van der Waals surface area contributed by atoms with Gasteiger partial charge in [-0.1, -0.05) is 12.1 Å². The second-order valence-electron chi connectivity index (χ2n) is 5.32. The van der Waals surface area contributed by atoms with Crippen molar-refractivity contribution in [2.24, 2.45) is 0 Å². The second kappa shape index (κ2) is 4.26. The molecule has 2 rings (SSSR count). The highest BCUT2D eigenvalue weighted by molar-refractivity contribution is 5.79. The standard InChI is InChI=1S/C15H20O2/c1-10-8-12(3)14(9-11(10)2)15(17)6-4-13(16)5-7-15/h8-9,17H,4-7H2,1-3H3. The van der Waals surface area contributed by atoms with Gasteiger partial charge in [0.15, 0.2) is 0 Å². The molecule has 1 N–H and O–H groups in total. The van der Waals surface area contributed by atoms with Gasteiger partial charge in [-0.05, 0) is 55.9 Å². The summed E-state index contributed by atoms with van der Waals surface area (Å²) in [6.07, 6.45) is 2.13. The lowest BCUT2D eigenvalue weighted by Crippen LogP contribution is -2.32. The molecule has 0 saturated heterocycles. The Morgan fingerprint density at radius 3 is 2.12 bits per heavy atom. The maximum Gasteiger partial charge on any atom is 0.133 e. The van der Waals surface area contributed by atoms with Crippen LogP contribution in [0.2, 0.25) is 0 Å². The summed E-state index contributed by atoms with van der Waals surface area (Å²) < 4.78 is 0. The maximum absolute atomic E-state index is 11.3. The van der Waals surface area contributed by atoms with Crippen molar-refractivity contribution in [2.45, 2.75) is 52.1 Å². The van der Waals surface area contributed by atoms with Crippen LogP contribution >= 0.6 is 0 Å². The molecule has 1 saturated carbocycles. The Hall–Kier alpha value is -1.15. The molecule has 0 bridgehead atoms. The zero-order chi connectivity index (χ0) is 12.6. The lowest BCUT2D eigenvalue weighted by molar-refractivity contribution is -0.125. The highest BCUT2D eigenvalue weighted by atomic mass is 16.3. The predicted octanol–water partition coefficient (Wildman–Crippen LogP) is 2.94. The van der Waals surface area contributed by atoms with E-state index >= 15 is 0 Å². The van der Waals surface area contributed by atoms with Gasteiger partial charge in [0.2, 0.25) is 0 Å². The Morgan fingerprint density at radius 2 is 1.53 bits per heavy atom. The van der Waals surface area contributed by atoms with E-state index in [0.29, 0.717) is 25.7 Å². The monoisotopic (exact) mass is 232 g/mol. The third-order valence-corrected chi connectivity index (χ3v) is 3.98. The molecule has 0 heterocycles. The number of aryl methyl sites for hydroxylation is 3. The van der Waals surface area contributed by atoms with E-state index in [0.717, 1.165) is 11.1 Å². The van der Waals surface area contributed by atoms with Gasteiger partial charge in [0, 0.05) is 12.8 Å². The van der Waals surface area contributed by atoms with Crippen LogP contribution in [0.4, 0.5) is 0 Å². The van der Waals surface area contributed by atoms with E-state index in [-0.39, 0.29) is 5.78 Å². The van der Waals surface area contributed by atoms with E-state index < -0.39 is 5.60 Å². The van der Waals surface area contributed by atoms with Crippen molar-refractivity contribution in [3.63, 3.8) is 0 Å². The van der Waals surface area contributed by atoms with Gasteiger partial charge < -0.3 is 5.11 Å². The Kier molecular flexibility index (Phi) is 3.09. The minimum atomic E-state index is -0.795. The molecule has 0 aromatic heterocycles. The molecule has 0 spiro atoms. The molecule has 17 heavy (non-hydrogen) atoms. The molecule has 1 aromatic carbocycles. The molecule has 2 nitrogen and oxygen atoms in total. The van der Waals surface area contributed by atoms with Crippen LogP contribution in [-0.4, -0.2) is 10.9 Å². The zero-order valence-electron chi connectivity index (χ0n) is 10.8. The second-order valence-corrected chi connectivity index (χ2v) is 5.32. The van der Waals surface area contributed by atoms with Gasteiger partial charge in [-0.3, -0.25) is 4.79 Å². The van der Waals surface area contributed by atoms with Crippen molar-refractivity contribution >= 4 is 5.78 Å². The largest absolute Gasteiger partial charge is 0.385 e. The lowest BCUT2D eigenvalue weighted by atomic mass is 9.77. The molecule has 0 aliphatic heterocycles. The summed E-state index contributed by atoms with van der Waals surface area (Å²) in [6, 6.07) is 4.21. The van der Waals surface area contributed by atoms with Crippen LogP contribution in [0.1, 0.15) is 47.9 Å². The Bertz CT molecular complexity index is 450. The quantitative estimate of drug-likeness (QED) is 0.808. The molecule has 1 aliphatic carbocycles. The van der Waals surface area contributed by atoms with Gasteiger partial charge in [-0.2, -0.15) is 0 Å². The van der Waals surface area contributed by atoms with Gasteiger partial charge in [-0.25, -0.2) is 0 Å². The van der Waals surface area contributed by atoms with Crippen LogP contribution in [0.15, 0.2) is 12.1 Å². The number of rotatable bonds is 1. The van der Waals surface area contributed by atoms with Crippen molar-refractivity contribution in [2.75, 3.05) is 0 Å². The average Bonchev–Trinajstić information content (AvgIpc) is 2.28. The summed E-state index contributed by atoms with van der Waals surface area (Å²) in [5.74, 6) is 0.274. The smallest absolute Gasteiger partial charge is 0.133 e. The Balaban J connectivity index is 2.39. The van der Waals surface area contributed by atoms with E-state index in [4.69, 9.17) is 0 Å². The van der Waals surface area contributed by atoms with Gasteiger partial charge in [0.1, 0.15) is 5.78 Å². The van der Waals surface area contributed by atoms with Crippen molar-refractivity contribution in [1.82, 2.24) is 0 Å². The van der Waals surface area contributed by atoms with E-state index in [2.05, 4.69) is 26.0 Å². The SMILES string of the molecule is Cc1cc(C)c(C2(O)CCC(=O)CC2)cc1C. The summed E-state index contributed by atoms with van der Waals surface area (Å²) in [5, 5.41) is 10.7. The molecule has 2 heteroatoms. The average molecular weight is 232 g/mol. The van der Waals surface area contributed by atoms with E-state index in [9.17, 15) is 9.90 Å². The van der Waals surface area contributed by atoms with E-state index in [1.807, 2.05) is 6.92 Å². The molecular weight excluding hydrogens is 212 g/mol. The summed E-state index contributed by atoms with van der Waals surface area (Å²) in [4.78, 5) is 11.3.